The zero-order valence-electron chi connectivity index (χ0n) is 10.4. The molecule has 4 nitrogen and oxygen atoms in total. The van der Waals surface area contributed by atoms with Gasteiger partial charge in [-0.05, 0) is 6.92 Å². The van der Waals surface area contributed by atoms with Gasteiger partial charge in [0.1, 0.15) is 0 Å². The van der Waals surface area contributed by atoms with Crippen molar-refractivity contribution in [2.24, 2.45) is 0 Å². The molecular weight excluding hydrogens is 238 g/mol. The van der Waals surface area contributed by atoms with Crippen LogP contribution in [0.25, 0.3) is 0 Å². The van der Waals surface area contributed by atoms with Crippen LogP contribution in [0.15, 0.2) is 0 Å². The summed E-state index contributed by atoms with van der Waals surface area (Å²) < 4.78 is 24.2. The van der Waals surface area contributed by atoms with Crippen molar-refractivity contribution in [1.29, 1.82) is 0 Å². The Balaban J connectivity index is 1.86. The topological polar surface area (TPSA) is 54.4 Å². The van der Waals surface area contributed by atoms with E-state index >= 15 is 0 Å². The maximum Gasteiger partial charge on any atom is 0.161 e. The first-order valence-electron chi connectivity index (χ1n) is 6.62. The lowest BCUT2D eigenvalue weighted by molar-refractivity contribution is -0.965. The summed E-state index contributed by atoms with van der Waals surface area (Å²) in [5, 5.41) is 10.2. The molecule has 2 unspecified atom stereocenters. The summed E-state index contributed by atoms with van der Waals surface area (Å²) in [5.41, 5.74) is -0.522. The molecule has 3 heterocycles. The van der Waals surface area contributed by atoms with Gasteiger partial charge in [0.05, 0.1) is 42.3 Å². The predicted molar refractivity (Wildman–Crippen MR) is 65.3 cm³/mol. The van der Waals surface area contributed by atoms with Crippen LogP contribution in [0.4, 0.5) is 0 Å². The molecule has 0 saturated carbocycles. The molecule has 0 amide bonds. The summed E-state index contributed by atoms with van der Waals surface area (Å²) in [4.78, 5) is 0. The fourth-order valence-electron chi connectivity index (χ4n) is 4.43. The summed E-state index contributed by atoms with van der Waals surface area (Å²) in [7, 11) is -2.78. The summed E-state index contributed by atoms with van der Waals surface area (Å²) >= 11 is 0. The zero-order chi connectivity index (χ0) is 12.3. The van der Waals surface area contributed by atoms with E-state index in [2.05, 4.69) is 0 Å². The summed E-state index contributed by atoms with van der Waals surface area (Å²) in [6.45, 7) is 3.51. The minimum absolute atomic E-state index is 0.349. The van der Waals surface area contributed by atoms with Gasteiger partial charge in [-0.2, -0.15) is 0 Å². The average molecular weight is 260 g/mol. The third kappa shape index (κ3) is 1.83. The number of piperidine rings is 1. The first-order chi connectivity index (χ1) is 7.83. The number of quaternary nitrogens is 1. The zero-order valence-corrected chi connectivity index (χ0v) is 11.2. The Hall–Kier alpha value is -0.130. The molecule has 0 aromatic rings. The van der Waals surface area contributed by atoms with Gasteiger partial charge in [0.2, 0.25) is 0 Å². The molecule has 0 radical (unpaired) electrons. The van der Waals surface area contributed by atoms with E-state index in [4.69, 9.17) is 0 Å². The van der Waals surface area contributed by atoms with Gasteiger partial charge in [0.25, 0.3) is 0 Å². The van der Waals surface area contributed by atoms with E-state index in [1.165, 1.54) is 12.8 Å². The highest BCUT2D eigenvalue weighted by molar-refractivity contribution is 7.91. The normalized spacial score (nSPS) is 47.2. The number of hydrogen-bond donors (Lipinski definition) is 1. The van der Waals surface area contributed by atoms with Gasteiger partial charge in [-0.3, -0.25) is 0 Å². The lowest BCUT2D eigenvalue weighted by Gasteiger charge is -2.53. The van der Waals surface area contributed by atoms with Gasteiger partial charge in [0, 0.05) is 25.7 Å². The van der Waals surface area contributed by atoms with E-state index in [0.29, 0.717) is 23.6 Å². The highest BCUT2D eigenvalue weighted by Crippen LogP contribution is 2.47. The molecular formula is C12H22NO3S+. The van der Waals surface area contributed by atoms with Crippen LogP contribution in [-0.2, 0) is 9.84 Å². The van der Waals surface area contributed by atoms with E-state index in [1.54, 1.807) is 0 Å². The third-order valence-corrected chi connectivity index (χ3v) is 6.88. The van der Waals surface area contributed by atoms with Crippen LogP contribution in [0.3, 0.4) is 0 Å². The van der Waals surface area contributed by atoms with Gasteiger partial charge in [-0.25, -0.2) is 8.42 Å². The van der Waals surface area contributed by atoms with Crippen LogP contribution < -0.4 is 0 Å². The average Bonchev–Trinajstić information content (AvgIpc) is 2.41. The van der Waals surface area contributed by atoms with Gasteiger partial charge in [-0.15, -0.1) is 0 Å². The molecule has 0 aromatic carbocycles. The van der Waals surface area contributed by atoms with Crippen molar-refractivity contribution in [3.63, 3.8) is 0 Å². The lowest BCUT2D eigenvalue weighted by atomic mass is 9.85. The Bertz CT molecular complexity index is 397. The first-order valence-corrected chi connectivity index (χ1v) is 8.44. The fraction of sp³-hybridized carbons (Fsp3) is 1.00. The SMILES string of the molecule is CC1(O)CC2CCC(C1)[N+]21CCS(=O)(=O)CC1. The maximum atomic E-state index is 11.6. The van der Waals surface area contributed by atoms with Crippen molar-refractivity contribution >= 4 is 9.84 Å². The maximum absolute atomic E-state index is 11.6. The molecule has 3 saturated heterocycles. The van der Waals surface area contributed by atoms with E-state index in [1.807, 2.05) is 6.92 Å². The number of rotatable bonds is 0. The van der Waals surface area contributed by atoms with Crippen LogP contribution in [0.1, 0.15) is 32.6 Å². The van der Waals surface area contributed by atoms with E-state index in [9.17, 15) is 13.5 Å². The number of sulfone groups is 1. The fourth-order valence-corrected chi connectivity index (χ4v) is 5.87. The molecule has 1 N–H and O–H groups in total. The monoisotopic (exact) mass is 260 g/mol. The van der Waals surface area contributed by atoms with Crippen LogP contribution >= 0.6 is 0 Å². The molecule has 17 heavy (non-hydrogen) atoms. The summed E-state index contributed by atoms with van der Waals surface area (Å²) in [6, 6.07) is 0.999. The molecule has 0 aliphatic carbocycles. The number of nitrogens with zero attached hydrogens (tertiary/aromatic N) is 1. The van der Waals surface area contributed by atoms with Gasteiger partial charge in [0.15, 0.2) is 9.84 Å². The molecule has 1 spiro atoms. The Kier molecular flexibility index (Phi) is 2.42. The largest absolute Gasteiger partial charge is 0.390 e. The van der Waals surface area contributed by atoms with E-state index in [-0.39, 0.29) is 0 Å². The standard InChI is InChI=1S/C12H22NO3S/c1-12(14)8-10-2-3-11(9-12)13(10)4-6-17(15,16)7-5-13/h10-11,14H,2-9H2,1H3/q+1. The van der Waals surface area contributed by atoms with Crippen molar-refractivity contribution in [3.05, 3.63) is 0 Å². The molecule has 3 rings (SSSR count). The number of hydrogen-bond acceptors (Lipinski definition) is 3. The van der Waals surface area contributed by atoms with E-state index < -0.39 is 15.4 Å². The molecule has 98 valence electrons. The van der Waals surface area contributed by atoms with Gasteiger partial charge < -0.3 is 9.59 Å². The van der Waals surface area contributed by atoms with Gasteiger partial charge in [-0.1, -0.05) is 0 Å². The van der Waals surface area contributed by atoms with Crippen LogP contribution in [0.2, 0.25) is 0 Å². The lowest BCUT2D eigenvalue weighted by Crippen LogP contribution is -2.67. The van der Waals surface area contributed by atoms with Crippen LogP contribution in [0.5, 0.6) is 0 Å². The molecule has 5 heteroatoms. The molecule has 3 aliphatic rings. The minimum Gasteiger partial charge on any atom is -0.390 e. The highest BCUT2D eigenvalue weighted by Gasteiger charge is 2.58. The van der Waals surface area contributed by atoms with Crippen molar-refractivity contribution in [1.82, 2.24) is 0 Å². The molecule has 3 aliphatic heterocycles. The van der Waals surface area contributed by atoms with Crippen molar-refractivity contribution in [3.8, 4) is 0 Å². The molecule has 0 aromatic heterocycles. The highest BCUT2D eigenvalue weighted by atomic mass is 32.2. The minimum atomic E-state index is -2.78. The quantitative estimate of drug-likeness (QED) is 0.638. The second kappa shape index (κ2) is 3.45. The van der Waals surface area contributed by atoms with Crippen molar-refractivity contribution < 1.29 is 18.0 Å². The summed E-state index contributed by atoms with van der Waals surface area (Å²) in [5.74, 6) is 0.699. The smallest absolute Gasteiger partial charge is 0.161 e. The Labute approximate surface area is 103 Å². The van der Waals surface area contributed by atoms with Crippen molar-refractivity contribution in [2.45, 2.75) is 50.3 Å². The molecule has 3 fully saturated rings. The van der Waals surface area contributed by atoms with Crippen molar-refractivity contribution in [2.75, 3.05) is 24.6 Å². The van der Waals surface area contributed by atoms with Crippen LogP contribution in [0, 0.1) is 0 Å². The Morgan fingerprint density at radius 1 is 1.12 bits per heavy atom. The van der Waals surface area contributed by atoms with E-state index in [0.717, 1.165) is 30.4 Å². The molecule has 2 bridgehead atoms. The first kappa shape index (κ1) is 11.9. The number of aliphatic hydroxyl groups is 1. The second-order valence-corrected chi connectivity index (χ2v) is 8.80. The van der Waals surface area contributed by atoms with Gasteiger partial charge >= 0.3 is 0 Å². The van der Waals surface area contributed by atoms with Crippen LogP contribution in [-0.4, -0.2) is 60.3 Å². The molecule has 2 atom stereocenters. The third-order valence-electron chi connectivity index (χ3n) is 5.28. The predicted octanol–water partition coefficient (Wildman–Crippen LogP) is 0.307. The second-order valence-electron chi connectivity index (χ2n) is 6.49. The Morgan fingerprint density at radius 2 is 1.59 bits per heavy atom. The summed E-state index contributed by atoms with van der Waals surface area (Å²) in [6.07, 6.45) is 4.04. The Morgan fingerprint density at radius 3 is 2.06 bits per heavy atom.